The molecule has 0 aromatic rings. The molecule has 3 atom stereocenters. The zero-order valence-corrected chi connectivity index (χ0v) is 10.7. The van der Waals surface area contributed by atoms with E-state index in [4.69, 9.17) is 5.73 Å². The van der Waals surface area contributed by atoms with Crippen LogP contribution >= 0.6 is 0 Å². The molecule has 0 saturated carbocycles. The van der Waals surface area contributed by atoms with Crippen molar-refractivity contribution in [1.82, 2.24) is 10.2 Å². The average Bonchev–Trinajstić information content (AvgIpc) is 2.54. The summed E-state index contributed by atoms with van der Waals surface area (Å²) in [7, 11) is 0. The van der Waals surface area contributed by atoms with Crippen LogP contribution in [0.4, 0.5) is 0 Å². The van der Waals surface area contributed by atoms with Crippen molar-refractivity contribution in [2.45, 2.75) is 50.3 Å². The van der Waals surface area contributed by atoms with Crippen molar-refractivity contribution >= 4 is 11.8 Å². The summed E-state index contributed by atoms with van der Waals surface area (Å²) in [5.41, 5.74) is 4.73. The second kappa shape index (κ2) is 4.85. The van der Waals surface area contributed by atoms with Crippen LogP contribution in [-0.2, 0) is 9.59 Å². The van der Waals surface area contributed by atoms with Crippen LogP contribution in [0, 0.1) is 0 Å². The molecule has 1 unspecified atom stereocenters. The SMILES string of the molecule is C[C@@H](O)[C@@H](C(N)=O)N1CC2(CCCCCN2)C1=O. The molecular weight excluding hydrogens is 234 g/mol. The van der Waals surface area contributed by atoms with E-state index in [0.29, 0.717) is 6.54 Å². The Morgan fingerprint density at radius 3 is 2.78 bits per heavy atom. The first kappa shape index (κ1) is 13.3. The van der Waals surface area contributed by atoms with Crippen LogP contribution in [0.15, 0.2) is 0 Å². The first-order valence-electron chi connectivity index (χ1n) is 6.51. The Kier molecular flexibility index (Phi) is 3.59. The Morgan fingerprint density at radius 1 is 1.50 bits per heavy atom. The first-order chi connectivity index (χ1) is 8.48. The lowest BCUT2D eigenvalue weighted by molar-refractivity contribution is -0.164. The largest absolute Gasteiger partial charge is 0.391 e. The molecule has 0 bridgehead atoms. The number of aliphatic hydroxyl groups excluding tert-OH is 1. The maximum atomic E-state index is 12.3. The molecule has 18 heavy (non-hydrogen) atoms. The molecular formula is C12H21N3O3. The highest BCUT2D eigenvalue weighted by Crippen LogP contribution is 2.32. The Balaban J connectivity index is 2.08. The van der Waals surface area contributed by atoms with Crippen molar-refractivity contribution in [2.24, 2.45) is 5.73 Å². The highest BCUT2D eigenvalue weighted by molar-refractivity contribution is 5.97. The number of hydrogen-bond donors (Lipinski definition) is 3. The van der Waals surface area contributed by atoms with Gasteiger partial charge in [-0.15, -0.1) is 0 Å². The molecule has 0 aromatic carbocycles. The van der Waals surface area contributed by atoms with Crippen LogP contribution < -0.4 is 11.1 Å². The molecule has 2 fully saturated rings. The number of likely N-dealkylation sites (tertiary alicyclic amines) is 1. The normalized spacial score (nSPS) is 31.7. The summed E-state index contributed by atoms with van der Waals surface area (Å²) in [6, 6.07) is -0.909. The molecule has 2 rings (SSSR count). The van der Waals surface area contributed by atoms with E-state index >= 15 is 0 Å². The van der Waals surface area contributed by atoms with Gasteiger partial charge in [0, 0.05) is 6.54 Å². The van der Waals surface area contributed by atoms with Gasteiger partial charge in [-0.25, -0.2) is 0 Å². The molecule has 2 aliphatic rings. The van der Waals surface area contributed by atoms with Crippen molar-refractivity contribution in [1.29, 1.82) is 0 Å². The van der Waals surface area contributed by atoms with Crippen LogP contribution in [0.3, 0.4) is 0 Å². The third-order valence-corrected chi connectivity index (χ3v) is 3.94. The maximum absolute atomic E-state index is 12.3. The third kappa shape index (κ3) is 2.10. The Bertz CT molecular complexity index is 348. The smallest absolute Gasteiger partial charge is 0.245 e. The lowest BCUT2D eigenvalue weighted by Gasteiger charge is -2.51. The Morgan fingerprint density at radius 2 is 2.22 bits per heavy atom. The topological polar surface area (TPSA) is 95.7 Å². The minimum Gasteiger partial charge on any atom is -0.391 e. The van der Waals surface area contributed by atoms with E-state index in [0.717, 1.165) is 32.2 Å². The van der Waals surface area contributed by atoms with Crippen LogP contribution in [0.25, 0.3) is 0 Å². The molecule has 0 aliphatic carbocycles. The number of nitrogens with one attached hydrogen (secondary N) is 1. The van der Waals surface area contributed by atoms with Crippen LogP contribution in [0.5, 0.6) is 0 Å². The van der Waals surface area contributed by atoms with Gasteiger partial charge in [0.2, 0.25) is 11.8 Å². The molecule has 102 valence electrons. The highest BCUT2D eigenvalue weighted by atomic mass is 16.3. The van der Waals surface area contributed by atoms with Gasteiger partial charge in [-0.2, -0.15) is 0 Å². The van der Waals surface area contributed by atoms with Crippen molar-refractivity contribution in [3.63, 3.8) is 0 Å². The molecule has 6 heteroatoms. The zero-order valence-electron chi connectivity index (χ0n) is 10.7. The summed E-state index contributed by atoms with van der Waals surface area (Å²) in [4.78, 5) is 25.0. The van der Waals surface area contributed by atoms with E-state index < -0.39 is 23.6 Å². The minimum absolute atomic E-state index is 0.103. The summed E-state index contributed by atoms with van der Waals surface area (Å²) >= 11 is 0. The molecule has 1 spiro atoms. The van der Waals surface area contributed by atoms with Gasteiger partial charge in [0.1, 0.15) is 11.6 Å². The summed E-state index contributed by atoms with van der Waals surface area (Å²) in [5.74, 6) is -0.754. The number of nitrogens with zero attached hydrogens (tertiary/aromatic N) is 1. The van der Waals surface area contributed by atoms with Crippen LogP contribution in [0.2, 0.25) is 0 Å². The molecule has 2 saturated heterocycles. The predicted octanol–water partition coefficient (Wildman–Crippen LogP) is -1.03. The second-order valence-electron chi connectivity index (χ2n) is 5.34. The summed E-state index contributed by atoms with van der Waals surface area (Å²) in [5, 5.41) is 12.8. The van der Waals surface area contributed by atoms with E-state index in [2.05, 4.69) is 5.32 Å². The van der Waals surface area contributed by atoms with Gasteiger partial charge in [-0.05, 0) is 26.3 Å². The second-order valence-corrected chi connectivity index (χ2v) is 5.34. The van der Waals surface area contributed by atoms with Crippen molar-refractivity contribution in [3.05, 3.63) is 0 Å². The van der Waals surface area contributed by atoms with Crippen molar-refractivity contribution < 1.29 is 14.7 Å². The summed E-state index contributed by atoms with van der Waals surface area (Å²) < 4.78 is 0. The van der Waals surface area contributed by atoms with Gasteiger partial charge in [0.05, 0.1) is 6.10 Å². The van der Waals surface area contributed by atoms with E-state index in [9.17, 15) is 14.7 Å². The van der Waals surface area contributed by atoms with Gasteiger partial charge < -0.3 is 21.1 Å². The number of carbonyl (C=O) groups is 2. The fourth-order valence-electron chi connectivity index (χ4n) is 2.95. The number of primary amides is 1. The average molecular weight is 255 g/mol. The number of β-lactam (4-membered cyclic amide) rings is 1. The van der Waals surface area contributed by atoms with E-state index in [1.165, 1.54) is 11.8 Å². The predicted molar refractivity (Wildman–Crippen MR) is 65.6 cm³/mol. The van der Waals surface area contributed by atoms with Crippen LogP contribution in [0.1, 0.15) is 32.6 Å². The lowest BCUT2D eigenvalue weighted by atomic mass is 9.82. The van der Waals surface area contributed by atoms with Gasteiger partial charge in [0.25, 0.3) is 0 Å². The van der Waals surface area contributed by atoms with Crippen molar-refractivity contribution in [2.75, 3.05) is 13.1 Å². The first-order valence-corrected chi connectivity index (χ1v) is 6.51. The number of amides is 2. The highest BCUT2D eigenvalue weighted by Gasteiger charge is 2.55. The van der Waals surface area contributed by atoms with E-state index in [1.807, 2.05) is 0 Å². The summed E-state index contributed by atoms with van der Waals surface area (Å²) in [6.07, 6.45) is 3.08. The minimum atomic E-state index is -0.936. The Labute approximate surface area is 107 Å². The number of hydrogen-bond acceptors (Lipinski definition) is 4. The molecule has 2 heterocycles. The fourth-order valence-corrected chi connectivity index (χ4v) is 2.95. The maximum Gasteiger partial charge on any atom is 0.245 e. The lowest BCUT2D eigenvalue weighted by Crippen LogP contribution is -2.77. The van der Waals surface area contributed by atoms with Gasteiger partial charge in [-0.3, -0.25) is 9.59 Å². The van der Waals surface area contributed by atoms with E-state index in [-0.39, 0.29) is 5.91 Å². The molecule has 0 aromatic heterocycles. The fraction of sp³-hybridized carbons (Fsp3) is 0.833. The van der Waals surface area contributed by atoms with Gasteiger partial charge >= 0.3 is 0 Å². The number of carbonyl (C=O) groups excluding carboxylic acids is 2. The van der Waals surface area contributed by atoms with Gasteiger partial charge in [0.15, 0.2) is 0 Å². The Hall–Kier alpha value is -1.14. The molecule has 4 N–H and O–H groups in total. The summed E-state index contributed by atoms with van der Waals surface area (Å²) in [6.45, 7) is 2.77. The number of aliphatic hydroxyl groups is 1. The third-order valence-electron chi connectivity index (χ3n) is 3.94. The zero-order chi connectivity index (χ0) is 13.3. The van der Waals surface area contributed by atoms with E-state index in [1.54, 1.807) is 0 Å². The molecule has 2 amide bonds. The monoisotopic (exact) mass is 255 g/mol. The van der Waals surface area contributed by atoms with Gasteiger partial charge in [-0.1, -0.05) is 12.8 Å². The molecule has 2 aliphatic heterocycles. The standard InChI is InChI=1S/C12H21N3O3/c1-8(16)9(10(13)17)15-7-12(11(15)18)5-3-2-4-6-14-12/h8-9,14,16H,2-7H2,1H3,(H2,13,17)/t8-,9+,12?/m1/s1. The quantitative estimate of drug-likeness (QED) is 0.562. The number of rotatable bonds is 3. The van der Waals surface area contributed by atoms with Crippen LogP contribution in [-0.4, -0.2) is 52.6 Å². The molecule has 6 nitrogen and oxygen atoms in total. The number of nitrogens with two attached hydrogens (primary N) is 1. The molecule has 0 radical (unpaired) electrons. The van der Waals surface area contributed by atoms with Crippen molar-refractivity contribution in [3.8, 4) is 0 Å².